The van der Waals surface area contributed by atoms with Crippen LogP contribution in [0.4, 0.5) is 19.0 Å². The highest BCUT2D eigenvalue weighted by atomic mass is 19.4. The summed E-state index contributed by atoms with van der Waals surface area (Å²) in [4.78, 5) is 23.4. The van der Waals surface area contributed by atoms with E-state index in [-0.39, 0.29) is 30.6 Å². The minimum Gasteiger partial charge on any atom is -0.383 e. The highest BCUT2D eigenvalue weighted by Gasteiger charge is 2.42. The topological polar surface area (TPSA) is 107 Å². The Kier molecular flexibility index (Phi) is 5.02. The van der Waals surface area contributed by atoms with E-state index in [0.29, 0.717) is 35.6 Å². The lowest BCUT2D eigenvalue weighted by atomic mass is 10.00. The van der Waals surface area contributed by atoms with Crippen molar-refractivity contribution in [2.75, 3.05) is 5.73 Å². The minimum atomic E-state index is -4.47. The van der Waals surface area contributed by atoms with Gasteiger partial charge in [-0.05, 0) is 49.2 Å². The zero-order valence-electron chi connectivity index (χ0n) is 17.8. The van der Waals surface area contributed by atoms with Crippen LogP contribution in [0.2, 0.25) is 0 Å². The molecule has 10 heteroatoms. The Balaban J connectivity index is 1.47. The van der Waals surface area contributed by atoms with Crippen molar-refractivity contribution in [1.29, 1.82) is 0 Å². The van der Waals surface area contributed by atoms with Gasteiger partial charge in [-0.2, -0.15) is 13.2 Å². The monoisotopic (exact) mass is 457 g/mol. The number of aromatic nitrogens is 2. The molecule has 3 atom stereocenters. The summed E-state index contributed by atoms with van der Waals surface area (Å²) in [5.74, 6) is 0.148. The second kappa shape index (κ2) is 7.67. The number of nitrogen functional groups attached to an aromatic ring is 1. The van der Waals surface area contributed by atoms with Crippen molar-refractivity contribution in [1.82, 2.24) is 14.9 Å². The number of anilines is 1. The fourth-order valence-corrected chi connectivity index (χ4v) is 4.32. The average molecular weight is 457 g/mol. The highest BCUT2D eigenvalue weighted by molar-refractivity contribution is 5.99. The summed E-state index contributed by atoms with van der Waals surface area (Å²) in [7, 11) is 0. The van der Waals surface area contributed by atoms with Gasteiger partial charge in [0.05, 0.1) is 36.0 Å². The van der Waals surface area contributed by atoms with Gasteiger partial charge in [0.15, 0.2) is 0 Å². The van der Waals surface area contributed by atoms with E-state index in [1.54, 1.807) is 23.1 Å². The SMILES string of the molecule is C[C@H]1OCc2c1c(N)nc1ccc(C(=O)N(Cc3ccc(C(F)(F)F)cn3)[C@H]3C[C@H]3N)cc21. The third-order valence-corrected chi connectivity index (χ3v) is 6.25. The van der Waals surface area contributed by atoms with Crippen LogP contribution in [0, 0.1) is 0 Å². The van der Waals surface area contributed by atoms with Crippen LogP contribution in [0.15, 0.2) is 36.5 Å². The molecular weight excluding hydrogens is 435 g/mol. The smallest absolute Gasteiger partial charge is 0.383 e. The number of nitrogens with two attached hydrogens (primary N) is 2. The summed E-state index contributed by atoms with van der Waals surface area (Å²) in [6, 6.07) is 7.06. The lowest BCUT2D eigenvalue weighted by molar-refractivity contribution is -0.137. The van der Waals surface area contributed by atoms with Crippen LogP contribution in [0.3, 0.4) is 0 Å². The third kappa shape index (κ3) is 3.89. The van der Waals surface area contributed by atoms with E-state index in [1.807, 2.05) is 6.92 Å². The predicted octanol–water partition coefficient (Wildman–Crippen LogP) is 3.56. The number of carbonyl (C=O) groups excluding carboxylic acids is 1. The van der Waals surface area contributed by atoms with Gasteiger partial charge in [0.25, 0.3) is 5.91 Å². The zero-order chi connectivity index (χ0) is 23.5. The standard InChI is InChI=1S/C23H22F3N5O2/c1-11-20-16(10-33-11)15-6-12(2-5-18(15)30-21(20)28)22(32)31(19-7-17(19)27)9-14-4-3-13(8-29-14)23(24,25)26/h2-6,8,11,17,19H,7,9-10,27H2,1H3,(H2,28,30)/t11-,17-,19+/m1/s1. The summed E-state index contributed by atoms with van der Waals surface area (Å²) in [6.45, 7) is 2.34. The van der Waals surface area contributed by atoms with Gasteiger partial charge in [-0.3, -0.25) is 9.78 Å². The van der Waals surface area contributed by atoms with Gasteiger partial charge in [0.1, 0.15) is 5.82 Å². The van der Waals surface area contributed by atoms with Gasteiger partial charge < -0.3 is 21.1 Å². The molecule has 0 spiro atoms. The number of carbonyl (C=O) groups is 1. The second-order valence-corrected chi connectivity index (χ2v) is 8.51. The molecule has 1 fully saturated rings. The molecule has 0 unspecified atom stereocenters. The lowest BCUT2D eigenvalue weighted by Crippen LogP contribution is -2.36. The second-order valence-electron chi connectivity index (χ2n) is 8.51. The largest absolute Gasteiger partial charge is 0.417 e. The molecule has 2 aliphatic rings. The Bertz CT molecular complexity index is 1250. The molecule has 0 bridgehead atoms. The van der Waals surface area contributed by atoms with E-state index in [9.17, 15) is 18.0 Å². The first-order chi connectivity index (χ1) is 15.6. The first-order valence-corrected chi connectivity index (χ1v) is 10.6. The Labute approximate surface area is 187 Å². The number of nitrogens with zero attached hydrogens (tertiary/aromatic N) is 3. The Morgan fingerprint density at radius 1 is 1.27 bits per heavy atom. The van der Waals surface area contributed by atoms with Crippen LogP contribution < -0.4 is 11.5 Å². The molecule has 2 aromatic heterocycles. The van der Waals surface area contributed by atoms with Gasteiger partial charge >= 0.3 is 6.18 Å². The molecule has 5 rings (SSSR count). The predicted molar refractivity (Wildman–Crippen MR) is 115 cm³/mol. The van der Waals surface area contributed by atoms with Gasteiger partial charge in [-0.25, -0.2) is 4.98 Å². The number of amides is 1. The molecule has 33 heavy (non-hydrogen) atoms. The van der Waals surface area contributed by atoms with Gasteiger partial charge in [0.2, 0.25) is 0 Å². The number of fused-ring (bicyclic) bond motifs is 3. The fraction of sp³-hybridized carbons (Fsp3) is 0.348. The molecule has 3 heterocycles. The Morgan fingerprint density at radius 2 is 2.03 bits per heavy atom. The summed E-state index contributed by atoms with van der Waals surface area (Å²) >= 11 is 0. The van der Waals surface area contributed by atoms with E-state index in [0.717, 1.165) is 28.8 Å². The first kappa shape index (κ1) is 21.6. The normalized spacial score (nSPS) is 21.8. The Hall–Kier alpha value is -3.24. The first-order valence-electron chi connectivity index (χ1n) is 10.6. The van der Waals surface area contributed by atoms with Crippen LogP contribution in [-0.2, 0) is 24.1 Å². The molecule has 1 aliphatic carbocycles. The third-order valence-electron chi connectivity index (χ3n) is 6.25. The van der Waals surface area contributed by atoms with Crippen molar-refractivity contribution in [2.24, 2.45) is 5.73 Å². The van der Waals surface area contributed by atoms with Gasteiger partial charge in [0, 0.05) is 34.8 Å². The molecule has 1 amide bonds. The maximum absolute atomic E-state index is 13.5. The molecule has 1 saturated carbocycles. The number of benzene rings is 1. The van der Waals surface area contributed by atoms with Crippen LogP contribution in [0.5, 0.6) is 0 Å². The van der Waals surface area contributed by atoms with E-state index >= 15 is 0 Å². The number of pyridine rings is 2. The van der Waals surface area contributed by atoms with Crippen LogP contribution in [-0.4, -0.2) is 32.9 Å². The van der Waals surface area contributed by atoms with Crippen molar-refractivity contribution in [3.8, 4) is 0 Å². The highest BCUT2D eigenvalue weighted by Crippen LogP contribution is 2.38. The van der Waals surface area contributed by atoms with Crippen LogP contribution in [0.1, 0.15) is 52.2 Å². The number of ether oxygens (including phenoxy) is 1. The quantitative estimate of drug-likeness (QED) is 0.620. The van der Waals surface area contributed by atoms with Gasteiger partial charge in [-0.15, -0.1) is 0 Å². The van der Waals surface area contributed by atoms with Crippen molar-refractivity contribution in [3.05, 3.63) is 64.5 Å². The molecule has 0 radical (unpaired) electrons. The van der Waals surface area contributed by atoms with E-state index in [2.05, 4.69) is 9.97 Å². The van der Waals surface area contributed by atoms with E-state index in [4.69, 9.17) is 16.2 Å². The number of halogens is 3. The lowest BCUT2D eigenvalue weighted by Gasteiger charge is -2.23. The van der Waals surface area contributed by atoms with E-state index in [1.165, 1.54) is 6.07 Å². The van der Waals surface area contributed by atoms with Crippen molar-refractivity contribution >= 4 is 22.6 Å². The summed E-state index contributed by atoms with van der Waals surface area (Å²) < 4.78 is 44.3. The zero-order valence-corrected chi connectivity index (χ0v) is 17.8. The average Bonchev–Trinajstić information content (AvgIpc) is 3.36. The number of rotatable bonds is 4. The molecular formula is C23H22F3N5O2. The molecule has 3 aromatic rings. The summed E-state index contributed by atoms with van der Waals surface area (Å²) in [6.07, 6.45) is -3.24. The molecule has 0 saturated heterocycles. The van der Waals surface area contributed by atoms with Crippen molar-refractivity contribution < 1.29 is 22.7 Å². The molecule has 1 aliphatic heterocycles. The molecule has 172 valence electrons. The van der Waals surface area contributed by atoms with Crippen molar-refractivity contribution in [2.45, 2.75) is 50.9 Å². The minimum absolute atomic E-state index is 0.0611. The van der Waals surface area contributed by atoms with Gasteiger partial charge in [-0.1, -0.05) is 0 Å². The molecule has 4 N–H and O–H groups in total. The fourth-order valence-electron chi connectivity index (χ4n) is 4.32. The van der Waals surface area contributed by atoms with E-state index < -0.39 is 11.7 Å². The molecule has 1 aromatic carbocycles. The maximum Gasteiger partial charge on any atom is 0.417 e. The molecule has 7 nitrogen and oxygen atoms in total. The van der Waals surface area contributed by atoms with Crippen LogP contribution >= 0.6 is 0 Å². The number of alkyl halides is 3. The summed E-state index contributed by atoms with van der Waals surface area (Å²) in [5, 5.41) is 0.794. The number of hydrogen-bond acceptors (Lipinski definition) is 6. The summed E-state index contributed by atoms with van der Waals surface area (Å²) in [5.41, 5.74) is 14.5. The maximum atomic E-state index is 13.5. The number of hydrogen-bond donors (Lipinski definition) is 2. The van der Waals surface area contributed by atoms with Crippen molar-refractivity contribution in [3.63, 3.8) is 0 Å². The van der Waals surface area contributed by atoms with Crippen LogP contribution in [0.25, 0.3) is 10.9 Å². The Morgan fingerprint density at radius 3 is 2.67 bits per heavy atom.